The first-order valence-corrected chi connectivity index (χ1v) is 28.7. The Morgan fingerprint density at radius 2 is 0.961 bits per heavy atom. The number of rotatable bonds is 20. The molecule has 3 aromatic rings. The van der Waals surface area contributed by atoms with E-state index in [-0.39, 0.29) is 36.5 Å². The second kappa shape index (κ2) is 27.8. The van der Waals surface area contributed by atoms with E-state index in [0.717, 1.165) is 21.0 Å². The molecule has 9 N–H and O–H groups in total. The molecule has 0 bridgehead atoms. The Hall–Kier alpha value is -4.17. The Morgan fingerprint density at radius 3 is 1.34 bits per heavy atom. The number of aromatic nitrogens is 6. The highest BCUT2D eigenvalue weighted by molar-refractivity contribution is 7.55. The van der Waals surface area contributed by atoms with Crippen LogP contribution in [0.1, 0.15) is 80.5 Å². The van der Waals surface area contributed by atoms with Gasteiger partial charge in [0.2, 0.25) is 0 Å². The summed E-state index contributed by atoms with van der Waals surface area (Å²) in [6.07, 6.45) is -7.85. The van der Waals surface area contributed by atoms with Crippen molar-refractivity contribution < 1.29 is 90.2 Å². The van der Waals surface area contributed by atoms with Gasteiger partial charge < -0.3 is 72.0 Å². The van der Waals surface area contributed by atoms with Crippen molar-refractivity contribution in [2.45, 2.75) is 160 Å². The van der Waals surface area contributed by atoms with E-state index in [1.165, 1.54) is 70.5 Å². The molecule has 3 aromatic heterocycles. The van der Waals surface area contributed by atoms with Crippen molar-refractivity contribution in [3.05, 3.63) is 111 Å². The summed E-state index contributed by atoms with van der Waals surface area (Å²) in [4.78, 5) is 131. The largest absolute Gasteiger partial charge is 0.469 e. The number of methoxy groups -OCH3 is 3. The van der Waals surface area contributed by atoms with E-state index < -0.39 is 136 Å². The van der Waals surface area contributed by atoms with Crippen LogP contribution in [0.5, 0.6) is 0 Å². The van der Waals surface area contributed by atoms with Gasteiger partial charge >= 0.3 is 40.1 Å². The predicted molar refractivity (Wildman–Crippen MR) is 268 cm³/mol. The topological polar surface area (TPSA) is 429 Å². The molecule has 0 spiro atoms. The molecule has 6 heterocycles. The summed E-state index contributed by atoms with van der Waals surface area (Å²) in [5.74, 6) is 0.805. The van der Waals surface area contributed by atoms with Crippen molar-refractivity contribution in [2.75, 3.05) is 27.5 Å². The zero-order chi connectivity index (χ0) is 58.1. The number of phosphoric ester groups is 1. The molecule has 4 unspecified atom stereocenters. The summed E-state index contributed by atoms with van der Waals surface area (Å²) in [6.45, 7) is 13.7. The quantitative estimate of drug-likeness (QED) is 0.0666. The molecule has 13 atom stereocenters. The molecule has 0 aliphatic carbocycles. The van der Waals surface area contributed by atoms with Crippen molar-refractivity contribution in [1.82, 2.24) is 28.7 Å². The highest BCUT2D eigenvalue weighted by atomic mass is 31.2. The molecule has 0 radical (unpaired) electrons. The number of H-pyrrole nitrogens is 3. The number of hydrogen-bond donors (Lipinski definition) is 9. The Morgan fingerprint density at radius 1 is 0.584 bits per heavy atom. The van der Waals surface area contributed by atoms with Crippen LogP contribution in [0.2, 0.25) is 0 Å². The molecule has 0 aromatic carbocycles. The van der Waals surface area contributed by atoms with Crippen LogP contribution < -0.4 is 33.7 Å². The van der Waals surface area contributed by atoms with Crippen LogP contribution in [0.15, 0.2) is 76.9 Å². The first-order valence-electron chi connectivity index (χ1n) is 23.7. The molecule has 3 fully saturated rings. The molecule has 3 aliphatic rings. The van der Waals surface area contributed by atoms with E-state index in [2.05, 4.69) is 15.0 Å². The van der Waals surface area contributed by atoms with E-state index >= 15 is 0 Å². The average molecular weight is 1160 g/mol. The monoisotopic (exact) mass is 1160 g/mol. The van der Waals surface area contributed by atoms with Gasteiger partial charge in [-0.05, 0) is 67.4 Å². The van der Waals surface area contributed by atoms with Gasteiger partial charge in [0, 0.05) is 63.9 Å². The van der Waals surface area contributed by atoms with E-state index in [9.17, 15) is 52.2 Å². The van der Waals surface area contributed by atoms with Gasteiger partial charge in [-0.25, -0.2) is 18.9 Å². The number of ether oxygens (including phenoxy) is 9. The Labute approximate surface area is 438 Å². The van der Waals surface area contributed by atoms with Crippen LogP contribution in [0.4, 0.5) is 0 Å². The lowest BCUT2D eigenvalue weighted by Gasteiger charge is -2.28. The highest BCUT2D eigenvalue weighted by Gasteiger charge is 2.52. The third kappa shape index (κ3) is 18.7. The highest BCUT2D eigenvalue weighted by Crippen LogP contribution is 2.45. The number of nitrogens with one attached hydrogen (secondary N) is 3. The summed E-state index contributed by atoms with van der Waals surface area (Å²) in [7, 11) is -9.16. The van der Waals surface area contributed by atoms with Crippen LogP contribution in [0.25, 0.3) is 0 Å². The molecular formula is C43H69N6O25P3. The van der Waals surface area contributed by atoms with Crippen molar-refractivity contribution in [3.8, 4) is 0 Å². The summed E-state index contributed by atoms with van der Waals surface area (Å²) < 4.78 is 93.2. The number of hydrogen-bond acceptors (Lipinski definition) is 19. The SMILES string of the molecule is COC1[C@@H](OC(C)C)[C@@H](/C(C)=C/P(=O)(O)O)O[C@H]1n1ccc(=O)[nH]c1=O.COC1[C@@H](OC(C)C)[C@@H](C(C)OP(=O)(O)O)O[C@H]1n1ccc(=O)[nH]c1=O.COC1[C@@H](OC(C)C)[C@@H](CCP(=O)(O)O)O[C@H]1n1ccc(=O)[nH]c1=O. The first kappa shape index (κ1) is 65.3. The predicted octanol–water partition coefficient (Wildman–Crippen LogP) is -0.125. The van der Waals surface area contributed by atoms with Crippen LogP contribution in [0.3, 0.4) is 0 Å². The van der Waals surface area contributed by atoms with Crippen molar-refractivity contribution in [3.63, 3.8) is 0 Å². The molecule has 3 aliphatic heterocycles. The van der Waals surface area contributed by atoms with Crippen LogP contribution in [-0.2, 0) is 60.9 Å². The first-order chi connectivity index (χ1) is 35.7. The number of aromatic amines is 3. The molecule has 0 saturated carbocycles. The van der Waals surface area contributed by atoms with E-state index in [1.807, 2.05) is 13.8 Å². The van der Waals surface area contributed by atoms with Crippen molar-refractivity contribution in [2.24, 2.45) is 0 Å². The van der Waals surface area contributed by atoms with Crippen molar-refractivity contribution in [1.29, 1.82) is 0 Å². The zero-order valence-corrected chi connectivity index (χ0v) is 46.5. The second-order valence-electron chi connectivity index (χ2n) is 18.5. The molecule has 77 heavy (non-hydrogen) atoms. The molecule has 436 valence electrons. The number of phosphoric acid groups is 1. The summed E-state index contributed by atoms with van der Waals surface area (Å²) >= 11 is 0. The average Bonchev–Trinajstić information content (AvgIpc) is 3.94. The summed E-state index contributed by atoms with van der Waals surface area (Å²) in [5, 5.41) is 0. The molecular weight excluding hydrogens is 1090 g/mol. The lowest BCUT2D eigenvalue weighted by Crippen LogP contribution is -2.43. The second-order valence-corrected chi connectivity index (χ2v) is 23.0. The van der Waals surface area contributed by atoms with Gasteiger partial charge in [0.1, 0.15) is 48.8 Å². The Balaban J connectivity index is 0.000000249. The maximum atomic E-state index is 12.1. The molecule has 31 nitrogen and oxygen atoms in total. The Bertz CT molecular complexity index is 2950. The fourth-order valence-electron chi connectivity index (χ4n) is 8.62. The van der Waals surface area contributed by atoms with Crippen LogP contribution >= 0.6 is 23.0 Å². The maximum Gasteiger partial charge on any atom is 0.469 e. The summed E-state index contributed by atoms with van der Waals surface area (Å²) in [6, 6.07) is 3.50. The third-order valence-electron chi connectivity index (χ3n) is 11.5. The van der Waals surface area contributed by atoms with Gasteiger partial charge in [-0.15, -0.1) is 0 Å². The fraction of sp³-hybridized carbons (Fsp3) is 0.674. The minimum atomic E-state index is -4.76. The summed E-state index contributed by atoms with van der Waals surface area (Å²) in [5.41, 5.74) is -3.47. The minimum absolute atomic E-state index is 0.0378. The zero-order valence-electron chi connectivity index (χ0n) is 43.8. The van der Waals surface area contributed by atoms with Gasteiger partial charge in [0.25, 0.3) is 16.7 Å². The van der Waals surface area contributed by atoms with Gasteiger partial charge in [-0.2, -0.15) is 0 Å². The van der Waals surface area contributed by atoms with Crippen molar-refractivity contribution >= 4 is 23.0 Å². The van der Waals surface area contributed by atoms with Gasteiger partial charge in [-0.3, -0.25) is 56.7 Å². The standard InChI is InChI=1S/C15H23N2O8P.C14H23N2O9P.C14H23N2O8P/c1-8(2)24-12-11(9(3)7-26(20,21)22)25-14(13(12)23-4)17-6-5-10(18)16-15(17)19;1-7(2)23-11-10(8(3)25-26(19,20)21)24-13(12(11)22-4)16-6-5-9(17)15-14(16)18;1-8(2)23-11-9(5-7-25(19,20)21)24-13(12(11)22-3)16-6-4-10(17)15-14(16)18/h5-8,11-14H,1-4H3,(H,16,18,19)(H2,20,21,22);5-8,10-13H,1-4H3,(H,15,17,18)(H2,19,20,21);4,6,8-9,11-13H,5,7H2,1-3H3,(H,15,17,18)(H2,19,20,21)/b9-7+;;/t11-,12+,13?,14-;8?,10-,11+,12?,13-;9-,11+,12?,13-/m111/s1. The molecule has 0 amide bonds. The lowest BCUT2D eigenvalue weighted by atomic mass is 10.0. The fourth-order valence-corrected chi connectivity index (χ4v) is 10.4. The number of nitrogens with zero attached hydrogens (tertiary/aromatic N) is 3. The normalized spacial score (nSPS) is 27.4. The molecule has 34 heteroatoms. The van der Waals surface area contributed by atoms with Crippen LogP contribution in [-0.4, -0.2) is 165 Å². The smallest absolute Gasteiger partial charge is 0.374 e. The molecule has 6 rings (SSSR count). The van der Waals surface area contributed by atoms with Gasteiger partial charge in [0.15, 0.2) is 18.7 Å². The maximum absolute atomic E-state index is 12.1. The molecule has 3 saturated heterocycles. The minimum Gasteiger partial charge on any atom is -0.374 e. The van der Waals surface area contributed by atoms with E-state index in [4.69, 9.17) is 66.7 Å². The van der Waals surface area contributed by atoms with Gasteiger partial charge in [0.05, 0.1) is 36.7 Å². The van der Waals surface area contributed by atoms with E-state index in [1.54, 1.807) is 27.7 Å². The lowest BCUT2D eigenvalue weighted by molar-refractivity contribution is -0.101. The van der Waals surface area contributed by atoms with Crippen LogP contribution in [0, 0.1) is 0 Å². The van der Waals surface area contributed by atoms with E-state index in [0.29, 0.717) is 0 Å². The van der Waals surface area contributed by atoms with Gasteiger partial charge in [-0.1, -0.05) is 0 Å². The Kier molecular flexibility index (Phi) is 23.6. The third-order valence-corrected chi connectivity index (χ3v) is 13.7.